The van der Waals surface area contributed by atoms with Gasteiger partial charge in [-0.05, 0) is 18.8 Å². The van der Waals surface area contributed by atoms with Gasteiger partial charge in [-0.15, -0.1) is 0 Å². The summed E-state index contributed by atoms with van der Waals surface area (Å²) in [5.41, 5.74) is -0.779. The van der Waals surface area contributed by atoms with Crippen LogP contribution in [0.5, 0.6) is 11.5 Å². The standard InChI is InChI=1S/C17H22N2O7/c1-11-5-4-6-18(9-11)16(20)10-26-17(21)12-7-14(24-2)15(25-3)8-13(12)19(22)23/h7-8,11H,4-6,9-10H2,1-3H3. The zero-order chi connectivity index (χ0) is 19.3. The van der Waals surface area contributed by atoms with E-state index < -0.39 is 23.2 Å². The Bertz CT molecular complexity index is 705. The van der Waals surface area contributed by atoms with Crippen LogP contribution in [0.3, 0.4) is 0 Å². The third-order valence-electron chi connectivity index (χ3n) is 4.25. The zero-order valence-electron chi connectivity index (χ0n) is 15.0. The molecule has 1 saturated heterocycles. The van der Waals surface area contributed by atoms with E-state index in [2.05, 4.69) is 6.92 Å². The van der Waals surface area contributed by atoms with Crippen molar-refractivity contribution in [3.8, 4) is 11.5 Å². The number of hydrogen-bond donors (Lipinski definition) is 0. The second kappa shape index (κ2) is 8.50. The molecule has 9 heteroatoms. The van der Waals surface area contributed by atoms with Crippen LogP contribution in [-0.4, -0.2) is 55.6 Å². The largest absolute Gasteiger partial charge is 0.493 e. The summed E-state index contributed by atoms with van der Waals surface area (Å²) in [5.74, 6) is -0.602. The minimum absolute atomic E-state index is 0.120. The lowest BCUT2D eigenvalue weighted by Gasteiger charge is -2.30. The van der Waals surface area contributed by atoms with Gasteiger partial charge in [-0.2, -0.15) is 0 Å². The van der Waals surface area contributed by atoms with Gasteiger partial charge in [-0.25, -0.2) is 4.79 Å². The van der Waals surface area contributed by atoms with Gasteiger partial charge in [0.25, 0.3) is 11.6 Å². The van der Waals surface area contributed by atoms with Crippen LogP contribution in [-0.2, 0) is 9.53 Å². The van der Waals surface area contributed by atoms with Crippen LogP contribution in [0.2, 0.25) is 0 Å². The van der Waals surface area contributed by atoms with Gasteiger partial charge in [-0.3, -0.25) is 14.9 Å². The molecular weight excluding hydrogens is 344 g/mol. The number of likely N-dealkylation sites (tertiary alicyclic amines) is 1. The first-order valence-corrected chi connectivity index (χ1v) is 8.22. The second-order valence-electron chi connectivity index (χ2n) is 6.14. The van der Waals surface area contributed by atoms with E-state index in [1.807, 2.05) is 0 Å². The highest BCUT2D eigenvalue weighted by molar-refractivity contribution is 5.96. The van der Waals surface area contributed by atoms with Gasteiger partial charge in [0.2, 0.25) is 0 Å². The van der Waals surface area contributed by atoms with Crippen molar-refractivity contribution in [1.29, 1.82) is 0 Å². The number of nitro benzene ring substituents is 1. The van der Waals surface area contributed by atoms with Gasteiger partial charge in [0.15, 0.2) is 18.1 Å². The summed E-state index contributed by atoms with van der Waals surface area (Å²) in [6.45, 7) is 2.83. The maximum Gasteiger partial charge on any atom is 0.345 e. The number of methoxy groups -OCH3 is 2. The van der Waals surface area contributed by atoms with E-state index in [9.17, 15) is 19.7 Å². The summed E-state index contributed by atoms with van der Waals surface area (Å²) in [5, 5.41) is 11.2. The van der Waals surface area contributed by atoms with E-state index in [1.54, 1.807) is 4.90 Å². The maximum atomic E-state index is 12.3. The van der Waals surface area contributed by atoms with Crippen molar-refractivity contribution in [3.63, 3.8) is 0 Å². The lowest BCUT2D eigenvalue weighted by atomic mass is 10.0. The Morgan fingerprint density at radius 3 is 2.50 bits per heavy atom. The fraction of sp³-hybridized carbons (Fsp3) is 0.529. The van der Waals surface area contributed by atoms with Crippen molar-refractivity contribution in [2.75, 3.05) is 33.9 Å². The molecule has 1 aliphatic rings. The molecule has 1 fully saturated rings. The fourth-order valence-electron chi connectivity index (χ4n) is 2.90. The lowest BCUT2D eigenvalue weighted by molar-refractivity contribution is -0.385. The van der Waals surface area contributed by atoms with E-state index in [0.717, 1.165) is 18.9 Å². The number of nitro groups is 1. The SMILES string of the molecule is COc1cc(C(=O)OCC(=O)N2CCCC(C)C2)c([N+](=O)[O-])cc1OC. The Labute approximate surface area is 151 Å². The van der Waals surface area contributed by atoms with Crippen molar-refractivity contribution >= 4 is 17.6 Å². The topological polar surface area (TPSA) is 108 Å². The van der Waals surface area contributed by atoms with Gasteiger partial charge < -0.3 is 19.1 Å². The van der Waals surface area contributed by atoms with Crippen molar-refractivity contribution < 1.29 is 28.7 Å². The number of carbonyl (C=O) groups is 2. The molecule has 0 aliphatic carbocycles. The summed E-state index contributed by atoms with van der Waals surface area (Å²) in [6.07, 6.45) is 1.96. The number of amides is 1. The molecule has 1 aromatic carbocycles. The molecule has 1 unspecified atom stereocenters. The van der Waals surface area contributed by atoms with Crippen LogP contribution >= 0.6 is 0 Å². The molecule has 142 valence electrons. The number of benzene rings is 1. The second-order valence-corrected chi connectivity index (χ2v) is 6.14. The van der Waals surface area contributed by atoms with E-state index >= 15 is 0 Å². The van der Waals surface area contributed by atoms with E-state index in [0.29, 0.717) is 19.0 Å². The molecule has 1 amide bonds. The predicted octanol–water partition coefficient (Wildman–Crippen LogP) is 2.03. The molecule has 26 heavy (non-hydrogen) atoms. The highest BCUT2D eigenvalue weighted by Crippen LogP contribution is 2.34. The van der Waals surface area contributed by atoms with Gasteiger partial charge in [0.05, 0.1) is 25.2 Å². The normalized spacial score (nSPS) is 16.7. The Kier molecular flexibility index (Phi) is 6.37. The smallest absolute Gasteiger partial charge is 0.345 e. The summed E-state index contributed by atoms with van der Waals surface area (Å²) in [4.78, 5) is 36.7. The molecule has 0 radical (unpaired) electrons. The molecule has 1 atom stereocenters. The van der Waals surface area contributed by atoms with Crippen LogP contribution in [0.15, 0.2) is 12.1 Å². The first-order valence-electron chi connectivity index (χ1n) is 8.22. The van der Waals surface area contributed by atoms with Gasteiger partial charge in [0.1, 0.15) is 5.56 Å². The molecule has 1 aliphatic heterocycles. The molecule has 2 rings (SSSR count). The van der Waals surface area contributed by atoms with Crippen molar-refractivity contribution in [2.45, 2.75) is 19.8 Å². The molecule has 1 heterocycles. The van der Waals surface area contributed by atoms with E-state index in [1.165, 1.54) is 20.3 Å². The fourth-order valence-corrected chi connectivity index (χ4v) is 2.90. The number of piperidine rings is 1. The number of rotatable bonds is 6. The van der Waals surface area contributed by atoms with E-state index in [-0.39, 0.29) is 23.0 Å². The van der Waals surface area contributed by atoms with Crippen LogP contribution in [0.1, 0.15) is 30.1 Å². The Morgan fingerprint density at radius 2 is 1.92 bits per heavy atom. The Balaban J connectivity index is 2.13. The minimum atomic E-state index is -0.962. The van der Waals surface area contributed by atoms with Crippen LogP contribution in [0, 0.1) is 16.0 Å². The number of nitrogens with zero attached hydrogens (tertiary/aromatic N) is 2. The highest BCUT2D eigenvalue weighted by atomic mass is 16.6. The number of hydrogen-bond acceptors (Lipinski definition) is 7. The summed E-state index contributed by atoms with van der Waals surface area (Å²) in [6, 6.07) is 2.26. The van der Waals surface area contributed by atoms with E-state index in [4.69, 9.17) is 14.2 Å². The van der Waals surface area contributed by atoms with Gasteiger partial charge in [-0.1, -0.05) is 6.92 Å². The highest BCUT2D eigenvalue weighted by Gasteiger charge is 2.27. The molecule has 0 spiro atoms. The first-order chi connectivity index (χ1) is 12.4. The Morgan fingerprint density at radius 1 is 1.27 bits per heavy atom. The number of ether oxygens (including phenoxy) is 3. The quantitative estimate of drug-likeness (QED) is 0.430. The van der Waals surface area contributed by atoms with Crippen molar-refractivity contribution in [1.82, 2.24) is 4.90 Å². The van der Waals surface area contributed by atoms with Crippen LogP contribution in [0.25, 0.3) is 0 Å². The average molecular weight is 366 g/mol. The summed E-state index contributed by atoms with van der Waals surface area (Å²) >= 11 is 0. The zero-order valence-corrected chi connectivity index (χ0v) is 15.0. The van der Waals surface area contributed by atoms with Crippen LogP contribution in [0.4, 0.5) is 5.69 Å². The average Bonchev–Trinajstić information content (AvgIpc) is 2.64. The number of esters is 1. The Hall–Kier alpha value is -2.84. The lowest BCUT2D eigenvalue weighted by Crippen LogP contribution is -2.41. The third-order valence-corrected chi connectivity index (χ3v) is 4.25. The molecule has 0 saturated carbocycles. The minimum Gasteiger partial charge on any atom is -0.493 e. The molecule has 9 nitrogen and oxygen atoms in total. The third kappa shape index (κ3) is 4.41. The molecule has 0 aromatic heterocycles. The number of carbonyl (C=O) groups excluding carboxylic acids is 2. The maximum absolute atomic E-state index is 12.3. The predicted molar refractivity (Wildman–Crippen MR) is 91.5 cm³/mol. The van der Waals surface area contributed by atoms with Crippen molar-refractivity contribution in [2.24, 2.45) is 5.92 Å². The van der Waals surface area contributed by atoms with Gasteiger partial charge >= 0.3 is 5.97 Å². The van der Waals surface area contributed by atoms with Crippen LogP contribution < -0.4 is 9.47 Å². The van der Waals surface area contributed by atoms with Gasteiger partial charge in [0, 0.05) is 19.2 Å². The monoisotopic (exact) mass is 366 g/mol. The van der Waals surface area contributed by atoms with Crippen molar-refractivity contribution in [3.05, 3.63) is 27.8 Å². The first kappa shape index (κ1) is 19.5. The molecule has 1 aromatic rings. The summed E-state index contributed by atoms with van der Waals surface area (Å²) < 4.78 is 15.1. The summed E-state index contributed by atoms with van der Waals surface area (Å²) in [7, 11) is 2.68. The molecule has 0 bridgehead atoms. The molecule has 0 N–H and O–H groups in total. The molecular formula is C17H22N2O7.